The molecule has 110 valence electrons. The molecule has 0 spiro atoms. The van der Waals surface area contributed by atoms with E-state index in [0.29, 0.717) is 0 Å². The zero-order valence-electron chi connectivity index (χ0n) is 10.8. The Bertz CT molecular complexity index is 513. The lowest BCUT2D eigenvalue weighted by Gasteiger charge is -2.24. The zero-order chi connectivity index (χ0) is 15.0. The summed E-state index contributed by atoms with van der Waals surface area (Å²) in [5, 5.41) is 2.51. The molecular formula is C13H15F3N2OS. The molecule has 1 fully saturated rings. The summed E-state index contributed by atoms with van der Waals surface area (Å²) in [4.78, 5) is 12.1. The standard InChI is InChI=1S/C13H15F3N2OS/c1-12(17,8-6-7-8)11(19)18-9-4-2-3-5-10(9)20-13(14,15)16/h2-5,8H,6-7,17H2,1H3,(H,18,19). The Labute approximate surface area is 119 Å². The fraction of sp³-hybridized carbons (Fsp3) is 0.462. The number of amides is 1. The molecule has 1 unspecified atom stereocenters. The third-order valence-electron chi connectivity index (χ3n) is 3.28. The van der Waals surface area contributed by atoms with Crippen molar-refractivity contribution < 1.29 is 18.0 Å². The van der Waals surface area contributed by atoms with Gasteiger partial charge in [0.25, 0.3) is 0 Å². The maximum absolute atomic E-state index is 12.5. The first kappa shape index (κ1) is 15.2. The van der Waals surface area contributed by atoms with Crippen LogP contribution in [0.15, 0.2) is 29.2 Å². The zero-order valence-corrected chi connectivity index (χ0v) is 11.6. The van der Waals surface area contributed by atoms with E-state index in [1.165, 1.54) is 18.2 Å². The van der Waals surface area contributed by atoms with E-state index in [1.54, 1.807) is 13.0 Å². The molecule has 3 N–H and O–H groups in total. The largest absolute Gasteiger partial charge is 0.446 e. The molecule has 0 aliphatic heterocycles. The van der Waals surface area contributed by atoms with Crippen molar-refractivity contribution >= 4 is 23.4 Å². The Balaban J connectivity index is 2.15. The second-order valence-corrected chi connectivity index (χ2v) is 6.16. The van der Waals surface area contributed by atoms with Crippen molar-refractivity contribution in [2.45, 2.75) is 35.7 Å². The highest BCUT2D eigenvalue weighted by Crippen LogP contribution is 2.42. The summed E-state index contributed by atoms with van der Waals surface area (Å²) in [5.41, 5.74) is 0.641. The van der Waals surface area contributed by atoms with Crippen molar-refractivity contribution in [2.75, 3.05) is 5.32 Å². The van der Waals surface area contributed by atoms with Crippen molar-refractivity contribution in [3.8, 4) is 0 Å². The van der Waals surface area contributed by atoms with E-state index in [4.69, 9.17) is 5.73 Å². The number of rotatable bonds is 4. The molecule has 0 heterocycles. The Morgan fingerprint density at radius 3 is 2.50 bits per heavy atom. The van der Waals surface area contributed by atoms with Crippen LogP contribution in [0, 0.1) is 5.92 Å². The fourth-order valence-electron chi connectivity index (χ4n) is 1.91. The number of halogens is 3. The van der Waals surface area contributed by atoms with Crippen LogP contribution in [0.4, 0.5) is 18.9 Å². The minimum absolute atomic E-state index is 0.0417. The van der Waals surface area contributed by atoms with Gasteiger partial charge in [0, 0.05) is 4.90 Å². The van der Waals surface area contributed by atoms with Crippen molar-refractivity contribution in [1.29, 1.82) is 0 Å². The summed E-state index contributed by atoms with van der Waals surface area (Å²) in [6, 6.07) is 5.82. The molecule has 0 saturated heterocycles. The van der Waals surface area contributed by atoms with Crippen LogP contribution in [-0.2, 0) is 4.79 Å². The predicted molar refractivity (Wildman–Crippen MR) is 72.3 cm³/mol. The molecule has 1 aliphatic carbocycles. The number of carbonyl (C=O) groups excluding carboxylic acids is 1. The fourth-order valence-corrected chi connectivity index (χ4v) is 2.53. The molecule has 1 aromatic rings. The molecule has 1 aliphatic rings. The molecule has 1 aromatic carbocycles. The molecule has 0 bridgehead atoms. The maximum Gasteiger partial charge on any atom is 0.446 e. The van der Waals surface area contributed by atoms with E-state index < -0.39 is 17.0 Å². The van der Waals surface area contributed by atoms with Crippen LogP contribution < -0.4 is 11.1 Å². The Kier molecular flexibility index (Phi) is 4.02. The van der Waals surface area contributed by atoms with Gasteiger partial charge in [-0.1, -0.05) is 12.1 Å². The van der Waals surface area contributed by atoms with Crippen LogP contribution in [-0.4, -0.2) is 17.0 Å². The Morgan fingerprint density at radius 2 is 1.95 bits per heavy atom. The number of hydrogen-bond donors (Lipinski definition) is 2. The van der Waals surface area contributed by atoms with Gasteiger partial charge in [-0.3, -0.25) is 4.79 Å². The first-order valence-electron chi connectivity index (χ1n) is 6.15. The first-order valence-corrected chi connectivity index (χ1v) is 6.97. The lowest BCUT2D eigenvalue weighted by Crippen LogP contribution is -2.50. The van der Waals surface area contributed by atoms with Crippen molar-refractivity contribution in [2.24, 2.45) is 11.7 Å². The number of nitrogens with one attached hydrogen (secondary N) is 1. The number of benzene rings is 1. The van der Waals surface area contributed by atoms with Crippen LogP contribution in [0.1, 0.15) is 19.8 Å². The van der Waals surface area contributed by atoms with Crippen LogP contribution in [0.25, 0.3) is 0 Å². The van der Waals surface area contributed by atoms with Crippen LogP contribution in [0.5, 0.6) is 0 Å². The minimum atomic E-state index is -4.40. The van der Waals surface area contributed by atoms with Crippen molar-refractivity contribution in [3.63, 3.8) is 0 Å². The van der Waals surface area contributed by atoms with Gasteiger partial charge in [0.15, 0.2) is 0 Å². The molecule has 3 nitrogen and oxygen atoms in total. The van der Waals surface area contributed by atoms with Gasteiger partial charge in [-0.15, -0.1) is 0 Å². The lowest BCUT2D eigenvalue weighted by atomic mass is 9.96. The molecule has 2 rings (SSSR count). The van der Waals surface area contributed by atoms with Crippen LogP contribution >= 0.6 is 11.8 Å². The smallest absolute Gasteiger partial charge is 0.323 e. The number of hydrogen-bond acceptors (Lipinski definition) is 3. The summed E-state index contributed by atoms with van der Waals surface area (Å²) in [5.74, 6) is -0.347. The number of thioether (sulfide) groups is 1. The summed E-state index contributed by atoms with van der Waals surface area (Å²) in [7, 11) is 0. The van der Waals surface area contributed by atoms with Gasteiger partial charge in [0.2, 0.25) is 5.91 Å². The highest BCUT2D eigenvalue weighted by atomic mass is 32.2. The topological polar surface area (TPSA) is 55.1 Å². The summed E-state index contributed by atoms with van der Waals surface area (Å²) >= 11 is -0.252. The molecule has 1 saturated carbocycles. The average molecular weight is 304 g/mol. The Hall–Kier alpha value is -1.21. The highest BCUT2D eigenvalue weighted by molar-refractivity contribution is 8.00. The summed E-state index contributed by atoms with van der Waals surface area (Å²) in [6.07, 6.45) is 1.75. The van der Waals surface area contributed by atoms with E-state index in [1.807, 2.05) is 0 Å². The monoisotopic (exact) mass is 304 g/mol. The van der Waals surface area contributed by atoms with Crippen LogP contribution in [0.3, 0.4) is 0 Å². The van der Waals surface area contributed by atoms with E-state index in [-0.39, 0.29) is 28.3 Å². The molecule has 0 radical (unpaired) electrons. The van der Waals surface area contributed by atoms with Gasteiger partial charge in [-0.05, 0) is 49.6 Å². The van der Waals surface area contributed by atoms with Gasteiger partial charge >= 0.3 is 5.51 Å². The molecule has 7 heteroatoms. The number of para-hydroxylation sites is 1. The third kappa shape index (κ3) is 3.67. The van der Waals surface area contributed by atoms with Crippen molar-refractivity contribution in [1.82, 2.24) is 0 Å². The number of nitrogens with two attached hydrogens (primary N) is 1. The lowest BCUT2D eigenvalue weighted by molar-refractivity contribution is -0.121. The molecule has 1 amide bonds. The quantitative estimate of drug-likeness (QED) is 0.839. The average Bonchev–Trinajstić information content (AvgIpc) is 3.13. The SMILES string of the molecule is CC(N)(C(=O)Nc1ccccc1SC(F)(F)F)C1CC1. The van der Waals surface area contributed by atoms with Crippen LogP contribution in [0.2, 0.25) is 0 Å². The number of carbonyl (C=O) groups is 1. The molecule has 20 heavy (non-hydrogen) atoms. The van der Waals surface area contributed by atoms with Gasteiger partial charge < -0.3 is 11.1 Å². The van der Waals surface area contributed by atoms with E-state index >= 15 is 0 Å². The molecular weight excluding hydrogens is 289 g/mol. The predicted octanol–water partition coefficient (Wildman–Crippen LogP) is 3.36. The van der Waals surface area contributed by atoms with Gasteiger partial charge in [-0.2, -0.15) is 13.2 Å². The Morgan fingerprint density at radius 1 is 1.35 bits per heavy atom. The van der Waals surface area contributed by atoms with Gasteiger partial charge in [0.05, 0.1) is 11.2 Å². The second kappa shape index (κ2) is 5.29. The van der Waals surface area contributed by atoms with E-state index in [0.717, 1.165) is 12.8 Å². The molecule has 0 aromatic heterocycles. The maximum atomic E-state index is 12.5. The summed E-state index contributed by atoms with van der Waals surface area (Å²) in [6.45, 7) is 1.61. The minimum Gasteiger partial charge on any atom is -0.323 e. The van der Waals surface area contributed by atoms with E-state index in [9.17, 15) is 18.0 Å². The molecule has 1 atom stereocenters. The van der Waals surface area contributed by atoms with Gasteiger partial charge in [-0.25, -0.2) is 0 Å². The number of alkyl halides is 3. The summed E-state index contributed by atoms with van der Waals surface area (Å²) < 4.78 is 37.4. The van der Waals surface area contributed by atoms with Gasteiger partial charge in [0.1, 0.15) is 0 Å². The normalized spacial score (nSPS) is 18.4. The highest BCUT2D eigenvalue weighted by Gasteiger charge is 2.44. The third-order valence-corrected chi connectivity index (χ3v) is 4.08. The number of anilines is 1. The second-order valence-electron chi connectivity index (χ2n) is 5.06. The van der Waals surface area contributed by atoms with Crippen molar-refractivity contribution in [3.05, 3.63) is 24.3 Å². The first-order chi connectivity index (χ1) is 9.20. The van der Waals surface area contributed by atoms with E-state index in [2.05, 4.69) is 5.32 Å².